The van der Waals surface area contributed by atoms with E-state index in [1.54, 1.807) is 5.56 Å². The third-order valence-electron chi connectivity index (χ3n) is 8.50. The summed E-state index contributed by atoms with van der Waals surface area (Å²) in [5, 5.41) is 8.51. The number of hydrogen-bond donors (Lipinski definition) is 0. The molecule has 0 spiro atoms. The Morgan fingerprint density at radius 2 is 1.46 bits per heavy atom. The first-order valence-electron chi connectivity index (χ1n) is 14.8. The first kappa shape index (κ1) is 27.5. The fraction of sp³-hybridized carbons (Fsp3) is 0.618. The molecular formula is C34H49N. The second kappa shape index (κ2) is 16.6. The molecule has 1 aromatic rings. The maximum atomic E-state index is 8.51. The molecule has 0 bridgehead atoms. The van der Waals surface area contributed by atoms with Crippen LogP contribution in [0.5, 0.6) is 0 Å². The quantitative estimate of drug-likeness (QED) is 0.121. The van der Waals surface area contributed by atoms with Gasteiger partial charge in [0, 0.05) is 6.08 Å². The third-order valence-corrected chi connectivity index (χ3v) is 8.50. The van der Waals surface area contributed by atoms with Gasteiger partial charge in [-0.25, -0.2) is 0 Å². The molecular weight excluding hydrogens is 422 g/mol. The molecule has 2 saturated carbocycles. The summed E-state index contributed by atoms with van der Waals surface area (Å²) < 4.78 is 0. The Hall–Kier alpha value is -2.07. The monoisotopic (exact) mass is 471 g/mol. The number of rotatable bonds is 13. The van der Waals surface area contributed by atoms with Crippen LogP contribution in [0, 0.1) is 29.1 Å². The summed E-state index contributed by atoms with van der Waals surface area (Å²) in [5.74, 6) is 3.29. The van der Waals surface area contributed by atoms with E-state index in [2.05, 4.69) is 49.4 Å². The molecule has 0 N–H and O–H groups in total. The van der Waals surface area contributed by atoms with Gasteiger partial charge in [0.15, 0.2) is 0 Å². The van der Waals surface area contributed by atoms with Crippen molar-refractivity contribution in [1.29, 1.82) is 5.26 Å². The van der Waals surface area contributed by atoms with Crippen LogP contribution in [0.1, 0.15) is 120 Å². The van der Waals surface area contributed by atoms with E-state index in [1.807, 2.05) is 18.2 Å². The van der Waals surface area contributed by atoms with Crippen molar-refractivity contribution < 1.29 is 0 Å². The Morgan fingerprint density at radius 3 is 2.11 bits per heavy atom. The average Bonchev–Trinajstić information content (AvgIpc) is 2.91. The zero-order valence-electron chi connectivity index (χ0n) is 22.3. The van der Waals surface area contributed by atoms with Crippen LogP contribution in [0.3, 0.4) is 0 Å². The molecule has 2 aliphatic carbocycles. The van der Waals surface area contributed by atoms with Gasteiger partial charge in [-0.1, -0.05) is 87.3 Å². The minimum absolute atomic E-state index is 0.776. The molecule has 0 saturated heterocycles. The molecule has 1 nitrogen and oxygen atoms in total. The van der Waals surface area contributed by atoms with Crippen LogP contribution in [-0.2, 0) is 6.42 Å². The second-order valence-corrected chi connectivity index (χ2v) is 11.2. The van der Waals surface area contributed by atoms with E-state index in [0.717, 1.165) is 30.1 Å². The van der Waals surface area contributed by atoms with Gasteiger partial charge in [-0.05, 0) is 112 Å². The Balaban J connectivity index is 1.30. The summed E-state index contributed by atoms with van der Waals surface area (Å²) in [6.07, 6.45) is 34.3. The van der Waals surface area contributed by atoms with Crippen molar-refractivity contribution in [3.63, 3.8) is 0 Å². The number of hydrogen-bond acceptors (Lipinski definition) is 1. The van der Waals surface area contributed by atoms with Gasteiger partial charge in [0.05, 0.1) is 6.07 Å². The molecule has 1 aromatic carbocycles. The van der Waals surface area contributed by atoms with Gasteiger partial charge in [-0.2, -0.15) is 5.26 Å². The van der Waals surface area contributed by atoms with Crippen LogP contribution in [0.4, 0.5) is 0 Å². The molecule has 0 unspecified atom stereocenters. The largest absolute Gasteiger partial charge is 0.193 e. The molecule has 35 heavy (non-hydrogen) atoms. The second-order valence-electron chi connectivity index (χ2n) is 11.2. The number of benzene rings is 1. The maximum absolute atomic E-state index is 8.51. The lowest BCUT2D eigenvalue weighted by atomic mass is 9.76. The third kappa shape index (κ3) is 10.6. The van der Waals surface area contributed by atoms with Gasteiger partial charge in [-0.15, -0.1) is 0 Å². The first-order chi connectivity index (χ1) is 17.3. The van der Waals surface area contributed by atoms with Gasteiger partial charge in [0.1, 0.15) is 0 Å². The Kier molecular flexibility index (Phi) is 13.0. The molecule has 0 aliphatic heterocycles. The average molecular weight is 472 g/mol. The van der Waals surface area contributed by atoms with Gasteiger partial charge >= 0.3 is 0 Å². The Morgan fingerprint density at radius 1 is 0.800 bits per heavy atom. The van der Waals surface area contributed by atoms with E-state index in [0.29, 0.717) is 0 Å². The highest BCUT2D eigenvalue weighted by Gasteiger charge is 2.22. The van der Waals surface area contributed by atoms with Gasteiger partial charge in [-0.3, -0.25) is 0 Å². The van der Waals surface area contributed by atoms with Gasteiger partial charge in [0.2, 0.25) is 0 Å². The SMILES string of the molecule is CCCCCCCc1ccc(C2CCC(C=CC3CCC(CCC=CC=CC#N)CC3)CC2)cc1. The smallest absolute Gasteiger partial charge is 0.0912 e. The van der Waals surface area contributed by atoms with Crippen LogP contribution >= 0.6 is 0 Å². The standard InChI is InChI=1S/C34H49N/c1-2-3-4-6-9-13-30-20-24-33(25-21-30)34-26-22-32(23-27-34)19-18-31-16-14-29(15-17-31)12-10-7-5-8-11-28-35/h5,7-8,11,18-21,24-25,29,31-32,34H,2-4,6,9-10,12-17,22-23,26-27H2,1H3. The summed E-state index contributed by atoms with van der Waals surface area (Å²) in [5.41, 5.74) is 3.11. The molecule has 0 aromatic heterocycles. The Bertz CT molecular complexity index is 805. The van der Waals surface area contributed by atoms with Crippen LogP contribution in [0.25, 0.3) is 0 Å². The van der Waals surface area contributed by atoms with Crippen molar-refractivity contribution in [2.24, 2.45) is 17.8 Å². The lowest BCUT2D eigenvalue weighted by Gasteiger charge is -2.29. The van der Waals surface area contributed by atoms with Crippen LogP contribution in [-0.4, -0.2) is 0 Å². The summed E-state index contributed by atoms with van der Waals surface area (Å²) in [4.78, 5) is 0. The predicted molar refractivity (Wildman–Crippen MR) is 151 cm³/mol. The number of nitriles is 1. The summed E-state index contributed by atoms with van der Waals surface area (Å²) >= 11 is 0. The number of nitrogens with zero attached hydrogens (tertiary/aromatic N) is 1. The summed E-state index contributed by atoms with van der Waals surface area (Å²) in [7, 11) is 0. The summed E-state index contributed by atoms with van der Waals surface area (Å²) in [6, 6.07) is 11.7. The topological polar surface area (TPSA) is 23.8 Å². The van der Waals surface area contributed by atoms with Crippen molar-refractivity contribution in [3.05, 3.63) is 71.8 Å². The fourth-order valence-electron chi connectivity index (χ4n) is 6.12. The molecule has 1 heteroatoms. The fourth-order valence-corrected chi connectivity index (χ4v) is 6.12. The number of allylic oxidation sites excluding steroid dienone is 6. The molecule has 0 amide bonds. The van der Waals surface area contributed by atoms with Crippen LogP contribution < -0.4 is 0 Å². The minimum Gasteiger partial charge on any atom is -0.193 e. The van der Waals surface area contributed by atoms with Crippen molar-refractivity contribution in [2.45, 2.75) is 116 Å². The lowest BCUT2D eigenvalue weighted by molar-refractivity contribution is 0.295. The van der Waals surface area contributed by atoms with E-state index in [4.69, 9.17) is 5.26 Å². The maximum Gasteiger partial charge on any atom is 0.0912 e. The van der Waals surface area contributed by atoms with E-state index in [-0.39, 0.29) is 0 Å². The number of aryl methyl sites for hydroxylation is 1. The molecule has 3 rings (SSSR count). The highest BCUT2D eigenvalue weighted by Crippen LogP contribution is 2.38. The van der Waals surface area contributed by atoms with Crippen LogP contribution in [0.15, 0.2) is 60.7 Å². The van der Waals surface area contributed by atoms with E-state index < -0.39 is 0 Å². The zero-order valence-corrected chi connectivity index (χ0v) is 22.3. The highest BCUT2D eigenvalue weighted by atomic mass is 14.3. The predicted octanol–water partition coefficient (Wildman–Crippen LogP) is 10.3. The van der Waals surface area contributed by atoms with E-state index >= 15 is 0 Å². The van der Waals surface area contributed by atoms with E-state index in [1.165, 1.54) is 108 Å². The molecule has 0 radical (unpaired) electrons. The van der Waals surface area contributed by atoms with Gasteiger partial charge < -0.3 is 0 Å². The van der Waals surface area contributed by atoms with Crippen molar-refractivity contribution >= 4 is 0 Å². The van der Waals surface area contributed by atoms with Gasteiger partial charge in [0.25, 0.3) is 0 Å². The molecule has 0 atom stereocenters. The van der Waals surface area contributed by atoms with Crippen molar-refractivity contribution in [3.8, 4) is 6.07 Å². The zero-order chi connectivity index (χ0) is 24.6. The normalized spacial score (nSPS) is 25.5. The lowest BCUT2D eigenvalue weighted by Crippen LogP contribution is -2.14. The van der Waals surface area contributed by atoms with Crippen molar-refractivity contribution in [1.82, 2.24) is 0 Å². The number of unbranched alkanes of at least 4 members (excludes halogenated alkanes) is 4. The molecule has 190 valence electrons. The molecule has 2 fully saturated rings. The van der Waals surface area contributed by atoms with Crippen molar-refractivity contribution in [2.75, 3.05) is 0 Å². The molecule has 2 aliphatic rings. The minimum atomic E-state index is 0.776. The first-order valence-corrected chi connectivity index (χ1v) is 14.8. The Labute approximate surface area is 216 Å². The van der Waals surface area contributed by atoms with E-state index in [9.17, 15) is 0 Å². The highest BCUT2D eigenvalue weighted by molar-refractivity contribution is 5.26. The molecule has 0 heterocycles. The summed E-state index contributed by atoms with van der Waals surface area (Å²) in [6.45, 7) is 2.29. The van der Waals surface area contributed by atoms with Crippen LogP contribution in [0.2, 0.25) is 0 Å².